The Balaban J connectivity index is -0.000000226. The molecule has 28 heavy (non-hydrogen) atoms. The van der Waals surface area contributed by atoms with Crippen molar-refractivity contribution in [2.45, 2.75) is 24.7 Å². The average molecular weight is 476 g/mol. The zero-order chi connectivity index (χ0) is 19.8. The zero-order valence-corrected chi connectivity index (χ0v) is 24.2. The molecule has 0 spiro atoms. The quantitative estimate of drug-likeness (QED) is 0.233. The Hall–Kier alpha value is 0.850. The molecule has 2 rings (SSSR count). The van der Waals surface area contributed by atoms with Crippen molar-refractivity contribution in [1.82, 2.24) is 0 Å². The predicted octanol–water partition coefficient (Wildman–Crippen LogP) is -8.53. The molecule has 0 amide bonds. The molecule has 2 aromatic carbocycles. The van der Waals surface area contributed by atoms with Crippen molar-refractivity contribution < 1.29 is 127 Å². The topological polar surface area (TPSA) is 160 Å². The van der Waals surface area contributed by atoms with Gasteiger partial charge in [-0.2, -0.15) is 0 Å². The number of hydrogen-bond acceptors (Lipinski definition) is 9. The van der Waals surface area contributed by atoms with E-state index in [0.29, 0.717) is 10.8 Å². The molecular weight excluding hydrogens is 465 g/mol. The van der Waals surface area contributed by atoms with Gasteiger partial charge in [-0.05, 0) is 10.8 Å². The third kappa shape index (κ3) is 14.8. The molecule has 0 aliphatic carbocycles. The van der Waals surface area contributed by atoms with Gasteiger partial charge in [0.15, 0.2) is 0 Å². The van der Waals surface area contributed by atoms with Crippen LogP contribution in [-0.4, -0.2) is 38.2 Å². The van der Waals surface area contributed by atoms with Crippen LogP contribution in [0.2, 0.25) is 0 Å². The van der Waals surface area contributed by atoms with Crippen LogP contribution in [0.25, 0.3) is 10.8 Å². The number of hydrogen-bond donors (Lipinski definition) is 0. The first-order chi connectivity index (χ1) is 11.4. The van der Waals surface area contributed by atoms with Gasteiger partial charge in [0, 0.05) is 0 Å². The molecule has 0 aromatic heterocycles. The average Bonchev–Trinajstić information content (AvgIpc) is 2.43. The van der Waals surface area contributed by atoms with Crippen molar-refractivity contribution in [3.05, 3.63) is 42.0 Å². The van der Waals surface area contributed by atoms with Crippen molar-refractivity contribution in [2.24, 2.45) is 0 Å². The summed E-state index contributed by atoms with van der Waals surface area (Å²) < 4.78 is 84.1. The van der Waals surface area contributed by atoms with Crippen molar-refractivity contribution in [3.63, 3.8) is 0 Å². The molecule has 138 valence electrons. The molecular formula is C13H11Na3O9S3. The van der Waals surface area contributed by atoms with Gasteiger partial charge >= 0.3 is 110 Å². The normalized spacial score (nSPS) is 9.14. The standard InChI is InChI=1S/C13H12O3S.3Na.2O3S/c1-9(2)10-7-8-13(17(14,15)16)12-6-4-3-5-11(10)12;;;;2*1-4(2)3/h3,6-9H,1-2H3,(H,14,15,16);;;;;/q-2;3*+1;;/p-1. The van der Waals surface area contributed by atoms with Crippen LogP contribution in [0.4, 0.5) is 0 Å². The Kier molecular flexibility index (Phi) is 22.7. The van der Waals surface area contributed by atoms with Crippen LogP contribution in [0.15, 0.2) is 29.2 Å². The van der Waals surface area contributed by atoms with Crippen molar-refractivity contribution in [2.75, 3.05) is 0 Å². The van der Waals surface area contributed by atoms with Gasteiger partial charge in [0.1, 0.15) is 10.1 Å². The van der Waals surface area contributed by atoms with E-state index >= 15 is 0 Å². The molecule has 0 saturated carbocycles. The minimum atomic E-state index is -4.46. The minimum absolute atomic E-state index is 0. The van der Waals surface area contributed by atoms with E-state index in [4.69, 9.17) is 25.3 Å². The Bertz CT molecular complexity index is 1020. The van der Waals surface area contributed by atoms with Crippen LogP contribution in [0.1, 0.15) is 25.3 Å². The molecule has 0 N–H and O–H groups in total. The first kappa shape index (κ1) is 36.2. The Morgan fingerprint density at radius 3 is 1.71 bits per heavy atom. The van der Waals surface area contributed by atoms with Crippen molar-refractivity contribution in [3.8, 4) is 0 Å². The molecule has 2 aromatic rings. The molecule has 0 unspecified atom stereocenters. The molecule has 0 aliphatic rings. The van der Waals surface area contributed by atoms with E-state index in [0.717, 1.165) is 5.56 Å². The second-order valence-electron chi connectivity index (χ2n) is 4.56. The summed E-state index contributed by atoms with van der Waals surface area (Å²) in [5.41, 5.74) is 0.974. The summed E-state index contributed by atoms with van der Waals surface area (Å²) in [5.74, 6) is 0.236. The molecule has 0 atom stereocenters. The Labute approximate surface area is 232 Å². The van der Waals surface area contributed by atoms with E-state index < -0.39 is 31.3 Å². The first-order valence-corrected chi connectivity index (χ1v) is 9.62. The van der Waals surface area contributed by atoms with Gasteiger partial charge < -0.3 is 22.8 Å². The minimum Gasteiger partial charge on any atom is -0.746 e. The van der Waals surface area contributed by atoms with Gasteiger partial charge in [-0.15, -0.1) is 25.3 Å². The third-order valence-corrected chi connectivity index (χ3v) is 3.55. The summed E-state index contributed by atoms with van der Waals surface area (Å²) in [6.07, 6.45) is 0. The fourth-order valence-electron chi connectivity index (χ4n) is 1.86. The van der Waals surface area contributed by atoms with Crippen LogP contribution in [0, 0.1) is 12.1 Å². The van der Waals surface area contributed by atoms with Gasteiger partial charge in [0.2, 0.25) is 0 Å². The van der Waals surface area contributed by atoms with Crippen LogP contribution < -0.4 is 88.7 Å². The van der Waals surface area contributed by atoms with Gasteiger partial charge in [-0.25, -0.2) is 19.2 Å². The van der Waals surface area contributed by atoms with Crippen LogP contribution in [0.3, 0.4) is 0 Å². The molecule has 0 aliphatic heterocycles. The van der Waals surface area contributed by atoms with Crippen molar-refractivity contribution in [1.29, 1.82) is 0 Å². The van der Waals surface area contributed by atoms with Gasteiger partial charge in [-0.3, -0.25) is 6.07 Å². The molecule has 0 saturated heterocycles. The zero-order valence-electron chi connectivity index (χ0n) is 15.8. The summed E-state index contributed by atoms with van der Waals surface area (Å²) in [6.45, 7) is 4.01. The third-order valence-electron chi connectivity index (χ3n) is 2.66. The second kappa shape index (κ2) is 17.5. The van der Waals surface area contributed by atoms with Crippen molar-refractivity contribution >= 4 is 42.1 Å². The van der Waals surface area contributed by atoms with E-state index in [1.165, 1.54) is 12.1 Å². The number of benzene rings is 2. The van der Waals surface area contributed by atoms with E-state index in [1.54, 1.807) is 12.1 Å². The van der Waals surface area contributed by atoms with Crippen LogP contribution in [-0.2, 0) is 31.3 Å². The molecule has 0 radical (unpaired) electrons. The first-order valence-electron chi connectivity index (χ1n) is 6.21. The van der Waals surface area contributed by atoms with E-state index in [-0.39, 0.29) is 99.5 Å². The van der Waals surface area contributed by atoms with Gasteiger partial charge in [-0.1, -0.05) is 31.5 Å². The summed E-state index contributed by atoms with van der Waals surface area (Å²) in [7, 11) is -10.7. The van der Waals surface area contributed by atoms with Crippen LogP contribution >= 0.6 is 0 Å². The van der Waals surface area contributed by atoms with Crippen LogP contribution in [0.5, 0.6) is 0 Å². The maximum atomic E-state index is 11.1. The summed E-state index contributed by atoms with van der Waals surface area (Å²) in [6, 6.07) is 11.9. The second-order valence-corrected chi connectivity index (χ2v) is 6.72. The van der Waals surface area contributed by atoms with Gasteiger partial charge in [0.25, 0.3) is 0 Å². The largest absolute Gasteiger partial charge is 1.00 e. The van der Waals surface area contributed by atoms with Gasteiger partial charge in [0.05, 0.1) is 0 Å². The number of fused-ring (bicyclic) bond motifs is 1. The fraction of sp³-hybridized carbons (Fsp3) is 0.231. The molecule has 0 heterocycles. The maximum absolute atomic E-state index is 11.1. The molecule has 0 fully saturated rings. The smallest absolute Gasteiger partial charge is 0.746 e. The summed E-state index contributed by atoms with van der Waals surface area (Å²) in [4.78, 5) is -0.204. The Morgan fingerprint density at radius 2 is 1.36 bits per heavy atom. The summed E-state index contributed by atoms with van der Waals surface area (Å²) >= 11 is 0. The maximum Gasteiger partial charge on any atom is 1.00 e. The molecule has 15 heteroatoms. The van der Waals surface area contributed by atoms with E-state index in [1.807, 2.05) is 13.8 Å². The SMILES string of the molecule is CC(C)c1ccc(S(=O)(=O)[O-])c2c[c-]c[c-]c12.O=S(=O)=O.O=S(=O)=O.[Na+].[Na+].[Na+]. The van der Waals surface area contributed by atoms with E-state index in [9.17, 15) is 13.0 Å². The predicted molar refractivity (Wildman–Crippen MR) is 83.1 cm³/mol. The monoisotopic (exact) mass is 476 g/mol. The fourth-order valence-corrected chi connectivity index (χ4v) is 2.52. The number of rotatable bonds is 2. The molecule has 0 bridgehead atoms. The van der Waals surface area contributed by atoms with E-state index in [2.05, 4.69) is 12.1 Å². The Morgan fingerprint density at radius 1 is 0.929 bits per heavy atom. The summed E-state index contributed by atoms with van der Waals surface area (Å²) in [5, 5.41) is 1.07. The molecule has 9 nitrogen and oxygen atoms in total.